The van der Waals surface area contributed by atoms with Crippen LogP contribution in [0.1, 0.15) is 36.6 Å². The topological polar surface area (TPSA) is 113 Å². The van der Waals surface area contributed by atoms with Crippen LogP contribution < -0.4 is 10.8 Å². The Balaban J connectivity index is 1.70. The lowest BCUT2D eigenvalue weighted by molar-refractivity contribution is -0.119. The van der Waals surface area contributed by atoms with Gasteiger partial charge in [0.2, 0.25) is 11.7 Å². The minimum atomic E-state index is -0.656. The van der Waals surface area contributed by atoms with Crippen molar-refractivity contribution < 1.29 is 24.4 Å². The van der Waals surface area contributed by atoms with Crippen molar-refractivity contribution in [3.8, 4) is 0 Å². The van der Waals surface area contributed by atoms with Gasteiger partial charge in [-0.3, -0.25) is 24.4 Å². The van der Waals surface area contributed by atoms with Crippen molar-refractivity contribution in [1.29, 1.82) is 0 Å². The van der Waals surface area contributed by atoms with E-state index in [1.165, 1.54) is 17.6 Å². The summed E-state index contributed by atoms with van der Waals surface area (Å²) in [5.74, 6) is -1.87. The molecule has 3 rings (SSSR count). The molecule has 3 N–H and O–H groups in total. The third kappa shape index (κ3) is 3.42. The van der Waals surface area contributed by atoms with E-state index in [-0.39, 0.29) is 29.0 Å². The second kappa shape index (κ2) is 7.12. The molecule has 1 aliphatic rings. The van der Waals surface area contributed by atoms with Crippen LogP contribution in [0.4, 0.5) is 0 Å². The summed E-state index contributed by atoms with van der Waals surface area (Å²) in [7, 11) is 0. The van der Waals surface area contributed by atoms with Gasteiger partial charge in [0.05, 0.1) is 12.1 Å². The standard InChI is InChI=1S/C19H14N2O5/c22-16-10-15(18(24)14-4-2-1-3-13(14)16)20-17(23)9-11-5-7-12(8-6-11)19(25)21-26/h1-8,10,26H,9H2,(H,20,23)(H,21,25). The van der Waals surface area contributed by atoms with Gasteiger partial charge < -0.3 is 5.32 Å². The SMILES string of the molecule is O=C(Cc1ccc(C(=O)NO)cc1)NC1=CC(=O)c2ccccc2C1=O. The molecule has 0 radical (unpaired) electrons. The van der Waals surface area contributed by atoms with Gasteiger partial charge in [0.1, 0.15) is 0 Å². The molecule has 7 nitrogen and oxygen atoms in total. The predicted octanol–water partition coefficient (Wildman–Crippen LogP) is 1.43. The summed E-state index contributed by atoms with van der Waals surface area (Å²) >= 11 is 0. The van der Waals surface area contributed by atoms with E-state index in [2.05, 4.69) is 5.32 Å². The fourth-order valence-corrected chi connectivity index (χ4v) is 2.63. The molecule has 0 saturated heterocycles. The fraction of sp³-hybridized carbons (Fsp3) is 0.0526. The number of rotatable bonds is 4. The Hall–Kier alpha value is -3.58. The number of Topliss-reactive ketones (excluding diaryl/α,β-unsaturated/α-hetero) is 1. The number of amides is 2. The molecule has 0 fully saturated rings. The van der Waals surface area contributed by atoms with Crippen LogP contribution in [-0.2, 0) is 11.2 Å². The average Bonchev–Trinajstić information content (AvgIpc) is 2.66. The van der Waals surface area contributed by atoms with Gasteiger partial charge in [-0.05, 0) is 17.7 Å². The molecule has 130 valence electrons. The maximum atomic E-state index is 12.4. The molecule has 2 amide bonds. The highest BCUT2D eigenvalue weighted by atomic mass is 16.5. The van der Waals surface area contributed by atoms with E-state index in [4.69, 9.17) is 5.21 Å². The highest BCUT2D eigenvalue weighted by molar-refractivity contribution is 6.25. The van der Waals surface area contributed by atoms with Crippen LogP contribution in [0.15, 0.2) is 60.3 Å². The first-order valence-corrected chi connectivity index (χ1v) is 7.72. The Morgan fingerprint density at radius 1 is 0.923 bits per heavy atom. The summed E-state index contributed by atoms with van der Waals surface area (Å²) in [6.07, 6.45) is 1.08. The van der Waals surface area contributed by atoms with Gasteiger partial charge in [-0.15, -0.1) is 0 Å². The summed E-state index contributed by atoms with van der Waals surface area (Å²) in [4.78, 5) is 47.9. The number of fused-ring (bicyclic) bond motifs is 1. The van der Waals surface area contributed by atoms with Gasteiger partial charge in [0.15, 0.2) is 5.78 Å². The lowest BCUT2D eigenvalue weighted by atomic mass is 9.92. The van der Waals surface area contributed by atoms with E-state index in [1.54, 1.807) is 36.4 Å². The molecular formula is C19H14N2O5. The molecule has 0 aromatic heterocycles. The number of hydrogen-bond acceptors (Lipinski definition) is 5. The highest BCUT2D eigenvalue weighted by Gasteiger charge is 2.26. The van der Waals surface area contributed by atoms with Gasteiger partial charge in [-0.1, -0.05) is 36.4 Å². The lowest BCUT2D eigenvalue weighted by Crippen LogP contribution is -2.32. The van der Waals surface area contributed by atoms with Crippen LogP contribution in [0.25, 0.3) is 0 Å². The number of hydroxylamine groups is 1. The molecule has 0 spiro atoms. The van der Waals surface area contributed by atoms with E-state index in [1.807, 2.05) is 0 Å². The minimum absolute atomic E-state index is 0.0402. The third-order valence-electron chi connectivity index (χ3n) is 3.91. The number of hydrogen-bond donors (Lipinski definition) is 3. The van der Waals surface area contributed by atoms with Gasteiger partial charge in [-0.2, -0.15) is 0 Å². The van der Waals surface area contributed by atoms with Crippen molar-refractivity contribution >= 4 is 23.4 Å². The molecule has 0 atom stereocenters. The van der Waals surface area contributed by atoms with Gasteiger partial charge in [-0.25, -0.2) is 5.48 Å². The lowest BCUT2D eigenvalue weighted by Gasteiger charge is -2.15. The second-order valence-electron chi connectivity index (χ2n) is 5.66. The Kier molecular flexibility index (Phi) is 4.72. The number of nitrogens with one attached hydrogen (secondary N) is 2. The zero-order valence-electron chi connectivity index (χ0n) is 13.5. The Morgan fingerprint density at radius 3 is 2.23 bits per heavy atom. The maximum Gasteiger partial charge on any atom is 0.274 e. The van der Waals surface area contributed by atoms with Crippen LogP contribution >= 0.6 is 0 Å². The van der Waals surface area contributed by atoms with E-state index in [0.29, 0.717) is 11.1 Å². The van der Waals surface area contributed by atoms with Crippen LogP contribution in [0.2, 0.25) is 0 Å². The first-order valence-electron chi connectivity index (χ1n) is 7.72. The Morgan fingerprint density at radius 2 is 1.58 bits per heavy atom. The molecule has 7 heteroatoms. The van der Waals surface area contributed by atoms with Crippen molar-refractivity contribution in [2.75, 3.05) is 0 Å². The number of carbonyl (C=O) groups excluding carboxylic acids is 4. The highest BCUT2D eigenvalue weighted by Crippen LogP contribution is 2.19. The van der Waals surface area contributed by atoms with Crippen molar-refractivity contribution in [2.24, 2.45) is 0 Å². The van der Waals surface area contributed by atoms with Crippen LogP contribution in [0.5, 0.6) is 0 Å². The first kappa shape index (κ1) is 17.2. The van der Waals surface area contributed by atoms with Gasteiger partial charge in [0.25, 0.3) is 5.91 Å². The maximum absolute atomic E-state index is 12.4. The summed E-state index contributed by atoms with van der Waals surface area (Å²) in [5.41, 5.74) is 2.87. The molecule has 26 heavy (non-hydrogen) atoms. The van der Waals surface area contributed by atoms with E-state index >= 15 is 0 Å². The molecule has 1 aliphatic carbocycles. The van der Waals surface area contributed by atoms with Crippen molar-refractivity contribution in [1.82, 2.24) is 10.8 Å². The molecule has 0 saturated carbocycles. The summed E-state index contributed by atoms with van der Waals surface area (Å²) < 4.78 is 0. The van der Waals surface area contributed by atoms with Crippen LogP contribution in [-0.4, -0.2) is 28.6 Å². The van der Waals surface area contributed by atoms with Gasteiger partial charge in [0, 0.05) is 22.8 Å². The normalized spacial score (nSPS) is 12.9. The van der Waals surface area contributed by atoms with Crippen LogP contribution in [0, 0.1) is 0 Å². The predicted molar refractivity (Wildman–Crippen MR) is 90.7 cm³/mol. The monoisotopic (exact) mass is 350 g/mol. The Labute approximate surface area is 148 Å². The van der Waals surface area contributed by atoms with Gasteiger partial charge >= 0.3 is 0 Å². The minimum Gasteiger partial charge on any atom is -0.322 e. The summed E-state index contributed by atoms with van der Waals surface area (Å²) in [6, 6.07) is 12.5. The zero-order valence-corrected chi connectivity index (χ0v) is 13.5. The largest absolute Gasteiger partial charge is 0.322 e. The van der Waals surface area contributed by atoms with E-state index < -0.39 is 17.6 Å². The molecular weight excluding hydrogens is 336 g/mol. The van der Waals surface area contributed by atoms with Crippen molar-refractivity contribution in [3.05, 3.63) is 82.6 Å². The number of ketones is 2. The molecule has 0 aliphatic heterocycles. The zero-order chi connectivity index (χ0) is 18.7. The smallest absolute Gasteiger partial charge is 0.274 e. The number of benzene rings is 2. The average molecular weight is 350 g/mol. The molecule has 0 unspecified atom stereocenters. The molecule has 2 aromatic rings. The number of carbonyl (C=O) groups is 4. The second-order valence-corrected chi connectivity index (χ2v) is 5.66. The molecule has 0 heterocycles. The summed E-state index contributed by atoms with van der Waals surface area (Å²) in [6.45, 7) is 0. The van der Waals surface area contributed by atoms with Crippen molar-refractivity contribution in [3.63, 3.8) is 0 Å². The van der Waals surface area contributed by atoms with E-state index in [9.17, 15) is 19.2 Å². The van der Waals surface area contributed by atoms with E-state index in [0.717, 1.165) is 6.08 Å². The van der Waals surface area contributed by atoms with Crippen LogP contribution in [0.3, 0.4) is 0 Å². The van der Waals surface area contributed by atoms with Crippen molar-refractivity contribution in [2.45, 2.75) is 6.42 Å². The Bertz CT molecular complexity index is 945. The summed E-state index contributed by atoms with van der Waals surface area (Å²) in [5, 5.41) is 11.0. The molecule has 0 bridgehead atoms. The first-order chi connectivity index (χ1) is 12.5. The fourth-order valence-electron chi connectivity index (χ4n) is 2.63. The number of allylic oxidation sites excluding steroid dienone is 2. The quantitative estimate of drug-likeness (QED) is 0.570. The molecule has 2 aromatic carbocycles. The third-order valence-corrected chi connectivity index (χ3v) is 3.91.